The molecule has 0 spiro atoms. The highest BCUT2D eigenvalue weighted by Gasteiger charge is 2.22. The summed E-state index contributed by atoms with van der Waals surface area (Å²) < 4.78 is 3.98. The Kier molecular flexibility index (Phi) is 4.11. The summed E-state index contributed by atoms with van der Waals surface area (Å²) in [6, 6.07) is 12.0. The van der Waals surface area contributed by atoms with Gasteiger partial charge >= 0.3 is 0 Å². The molecule has 0 N–H and O–H groups in total. The summed E-state index contributed by atoms with van der Waals surface area (Å²) in [6.07, 6.45) is 0. The average Bonchev–Trinajstić information content (AvgIpc) is 3.14. The number of amides is 1. The Bertz CT molecular complexity index is 951. The standard InChI is InChI=1S/C20H23N5O/c1-14-10-16(3)25(22-14)12-17-4-6-18(7-5-17)20(26)23-8-9-24-19(13-23)11-15(2)21-24/h4-7,10-11H,8-9,12-13H2,1-3H3. The van der Waals surface area contributed by atoms with Crippen LogP contribution in [0.25, 0.3) is 0 Å². The Morgan fingerprint density at radius 3 is 2.42 bits per heavy atom. The van der Waals surface area contributed by atoms with E-state index < -0.39 is 0 Å². The normalized spacial score (nSPS) is 13.7. The number of rotatable bonds is 3. The largest absolute Gasteiger partial charge is 0.331 e. The zero-order valence-corrected chi connectivity index (χ0v) is 15.4. The molecular weight excluding hydrogens is 326 g/mol. The van der Waals surface area contributed by atoms with E-state index in [0.29, 0.717) is 13.1 Å². The molecule has 0 aliphatic carbocycles. The van der Waals surface area contributed by atoms with Gasteiger partial charge in [0.05, 0.1) is 36.7 Å². The van der Waals surface area contributed by atoms with Crippen molar-refractivity contribution in [2.24, 2.45) is 0 Å². The number of carbonyl (C=O) groups is 1. The molecule has 1 aliphatic heterocycles. The summed E-state index contributed by atoms with van der Waals surface area (Å²) in [5.41, 5.74) is 6.13. The van der Waals surface area contributed by atoms with Crippen LogP contribution >= 0.6 is 0 Å². The molecule has 0 radical (unpaired) electrons. The first kappa shape index (κ1) is 16.6. The van der Waals surface area contributed by atoms with Crippen molar-refractivity contribution in [3.8, 4) is 0 Å². The molecule has 1 aliphatic rings. The van der Waals surface area contributed by atoms with Crippen LogP contribution < -0.4 is 0 Å². The second kappa shape index (κ2) is 6.44. The predicted molar refractivity (Wildman–Crippen MR) is 98.9 cm³/mol. The Balaban J connectivity index is 1.46. The van der Waals surface area contributed by atoms with Crippen LogP contribution in [0.5, 0.6) is 0 Å². The maximum absolute atomic E-state index is 12.8. The van der Waals surface area contributed by atoms with Gasteiger partial charge in [-0.15, -0.1) is 0 Å². The fraction of sp³-hybridized carbons (Fsp3) is 0.350. The minimum absolute atomic E-state index is 0.0766. The molecule has 3 aromatic rings. The van der Waals surface area contributed by atoms with Crippen LogP contribution in [0, 0.1) is 20.8 Å². The fourth-order valence-corrected chi connectivity index (χ4v) is 3.53. The van der Waals surface area contributed by atoms with Crippen molar-refractivity contribution in [3.05, 3.63) is 70.3 Å². The molecule has 1 amide bonds. The molecule has 0 fully saturated rings. The average molecular weight is 349 g/mol. The Morgan fingerprint density at radius 1 is 1.00 bits per heavy atom. The molecule has 134 valence electrons. The molecule has 2 aromatic heterocycles. The first-order valence-corrected chi connectivity index (χ1v) is 8.92. The molecule has 0 atom stereocenters. The zero-order chi connectivity index (χ0) is 18.3. The van der Waals surface area contributed by atoms with Crippen LogP contribution in [0.15, 0.2) is 36.4 Å². The molecule has 6 nitrogen and oxygen atoms in total. The van der Waals surface area contributed by atoms with Gasteiger partial charge in [-0.25, -0.2) is 0 Å². The third-order valence-electron chi connectivity index (χ3n) is 4.84. The lowest BCUT2D eigenvalue weighted by Gasteiger charge is -2.27. The van der Waals surface area contributed by atoms with Crippen molar-refractivity contribution in [1.29, 1.82) is 0 Å². The van der Waals surface area contributed by atoms with Gasteiger partial charge in [0, 0.05) is 17.8 Å². The van der Waals surface area contributed by atoms with Gasteiger partial charge in [0.2, 0.25) is 0 Å². The van der Waals surface area contributed by atoms with E-state index in [0.717, 1.165) is 47.0 Å². The first-order chi connectivity index (χ1) is 12.5. The molecule has 0 unspecified atom stereocenters. The number of carbonyl (C=O) groups excluding carboxylic acids is 1. The SMILES string of the molecule is Cc1cc(C)n(Cc2ccc(C(=O)N3CCn4nc(C)cc4C3)cc2)n1. The van der Waals surface area contributed by atoms with Crippen molar-refractivity contribution in [2.45, 2.75) is 40.4 Å². The molecule has 0 saturated carbocycles. The highest BCUT2D eigenvalue weighted by Crippen LogP contribution is 2.17. The Labute approximate surface area is 153 Å². The van der Waals surface area contributed by atoms with Gasteiger partial charge in [-0.1, -0.05) is 12.1 Å². The molecule has 1 aromatic carbocycles. The summed E-state index contributed by atoms with van der Waals surface area (Å²) in [5.74, 6) is 0.0766. The number of aryl methyl sites for hydroxylation is 3. The lowest BCUT2D eigenvalue weighted by molar-refractivity contribution is 0.0706. The van der Waals surface area contributed by atoms with Crippen LogP contribution in [-0.2, 0) is 19.6 Å². The summed E-state index contributed by atoms with van der Waals surface area (Å²) in [7, 11) is 0. The summed E-state index contributed by atoms with van der Waals surface area (Å²) >= 11 is 0. The quantitative estimate of drug-likeness (QED) is 0.730. The second-order valence-corrected chi connectivity index (χ2v) is 7.01. The van der Waals surface area contributed by atoms with Gasteiger partial charge in [-0.2, -0.15) is 10.2 Å². The first-order valence-electron chi connectivity index (χ1n) is 8.92. The fourth-order valence-electron chi connectivity index (χ4n) is 3.53. The van der Waals surface area contributed by atoms with Crippen LogP contribution in [0.2, 0.25) is 0 Å². The number of aromatic nitrogens is 4. The van der Waals surface area contributed by atoms with E-state index in [2.05, 4.69) is 29.3 Å². The van der Waals surface area contributed by atoms with E-state index in [1.807, 2.05) is 52.4 Å². The molecule has 0 saturated heterocycles. The molecule has 0 bridgehead atoms. The topological polar surface area (TPSA) is 56.0 Å². The highest BCUT2D eigenvalue weighted by atomic mass is 16.2. The van der Waals surface area contributed by atoms with E-state index in [1.165, 1.54) is 0 Å². The maximum atomic E-state index is 12.8. The van der Waals surface area contributed by atoms with Crippen LogP contribution in [-0.4, -0.2) is 36.9 Å². The van der Waals surface area contributed by atoms with Gasteiger partial charge in [-0.05, 0) is 50.6 Å². The van der Waals surface area contributed by atoms with Gasteiger partial charge in [0.1, 0.15) is 0 Å². The van der Waals surface area contributed by atoms with Gasteiger partial charge in [0.15, 0.2) is 0 Å². The van der Waals surface area contributed by atoms with E-state index in [-0.39, 0.29) is 5.91 Å². The number of benzene rings is 1. The van der Waals surface area contributed by atoms with Gasteiger partial charge < -0.3 is 4.90 Å². The van der Waals surface area contributed by atoms with Crippen LogP contribution in [0.4, 0.5) is 0 Å². The number of hydrogen-bond donors (Lipinski definition) is 0. The smallest absolute Gasteiger partial charge is 0.254 e. The molecule has 6 heteroatoms. The van der Waals surface area contributed by atoms with E-state index >= 15 is 0 Å². The van der Waals surface area contributed by atoms with Crippen molar-refractivity contribution < 1.29 is 4.79 Å². The number of nitrogens with zero attached hydrogens (tertiary/aromatic N) is 5. The van der Waals surface area contributed by atoms with Crippen LogP contribution in [0.3, 0.4) is 0 Å². The summed E-state index contributed by atoms with van der Waals surface area (Å²) in [4.78, 5) is 14.7. The van der Waals surface area contributed by atoms with Crippen molar-refractivity contribution >= 4 is 5.91 Å². The predicted octanol–water partition coefficient (Wildman–Crippen LogP) is 2.71. The van der Waals surface area contributed by atoms with Gasteiger partial charge in [0.25, 0.3) is 5.91 Å². The lowest BCUT2D eigenvalue weighted by Crippen LogP contribution is -2.38. The molecule has 3 heterocycles. The highest BCUT2D eigenvalue weighted by molar-refractivity contribution is 5.94. The van der Waals surface area contributed by atoms with E-state index in [1.54, 1.807) is 0 Å². The Hall–Kier alpha value is -2.89. The zero-order valence-electron chi connectivity index (χ0n) is 15.4. The lowest BCUT2D eigenvalue weighted by atomic mass is 10.1. The molecular formula is C20H23N5O. The Morgan fingerprint density at radius 2 is 1.73 bits per heavy atom. The maximum Gasteiger partial charge on any atom is 0.254 e. The monoisotopic (exact) mass is 349 g/mol. The van der Waals surface area contributed by atoms with Crippen molar-refractivity contribution in [3.63, 3.8) is 0 Å². The van der Waals surface area contributed by atoms with Gasteiger partial charge in [-0.3, -0.25) is 14.2 Å². The number of fused-ring (bicyclic) bond motifs is 1. The molecule has 4 rings (SSSR count). The summed E-state index contributed by atoms with van der Waals surface area (Å²) in [6.45, 7) is 8.83. The molecule has 26 heavy (non-hydrogen) atoms. The van der Waals surface area contributed by atoms with Crippen molar-refractivity contribution in [2.75, 3.05) is 6.54 Å². The summed E-state index contributed by atoms with van der Waals surface area (Å²) in [5, 5.41) is 8.94. The third-order valence-corrected chi connectivity index (χ3v) is 4.84. The third kappa shape index (κ3) is 3.14. The van der Waals surface area contributed by atoms with E-state index in [4.69, 9.17) is 0 Å². The second-order valence-electron chi connectivity index (χ2n) is 7.01. The van der Waals surface area contributed by atoms with Crippen LogP contribution in [0.1, 0.15) is 38.7 Å². The number of hydrogen-bond acceptors (Lipinski definition) is 3. The van der Waals surface area contributed by atoms with Crippen molar-refractivity contribution in [1.82, 2.24) is 24.5 Å². The minimum atomic E-state index is 0.0766. The minimum Gasteiger partial charge on any atom is -0.331 e. The van der Waals surface area contributed by atoms with E-state index in [9.17, 15) is 4.79 Å².